The number of amides is 1. The van der Waals surface area contributed by atoms with Crippen molar-refractivity contribution in [3.63, 3.8) is 0 Å². The standard InChI is InChI=1S/C27H37N3O3/c1-32-25-8-3-4-9-26(25)33-24-12-10-22(11-13-24)27(31)28-16-7-17-29-20-14-23(15-21-29)30-18-5-2-6-19-30/h3-4,8-13,23H,2,5-7,14-21H2,1H3,(H,28,31). The third-order valence-corrected chi connectivity index (χ3v) is 6.81. The van der Waals surface area contributed by atoms with Crippen molar-refractivity contribution in [3.8, 4) is 17.2 Å². The van der Waals surface area contributed by atoms with Gasteiger partial charge in [0.15, 0.2) is 11.5 Å². The predicted octanol–water partition coefficient (Wildman–Crippen LogP) is 4.56. The fraction of sp³-hybridized carbons (Fsp3) is 0.519. The minimum Gasteiger partial charge on any atom is -0.493 e. The Morgan fingerprint density at radius 1 is 0.939 bits per heavy atom. The highest BCUT2D eigenvalue weighted by Crippen LogP contribution is 2.30. The van der Waals surface area contributed by atoms with Crippen molar-refractivity contribution in [1.29, 1.82) is 0 Å². The molecule has 0 atom stereocenters. The first-order chi connectivity index (χ1) is 16.2. The number of nitrogens with zero attached hydrogens (tertiary/aromatic N) is 2. The number of para-hydroxylation sites is 2. The molecule has 2 saturated heterocycles. The smallest absolute Gasteiger partial charge is 0.251 e. The summed E-state index contributed by atoms with van der Waals surface area (Å²) in [6.45, 7) is 6.71. The quantitative estimate of drug-likeness (QED) is 0.567. The van der Waals surface area contributed by atoms with Gasteiger partial charge in [-0.2, -0.15) is 0 Å². The number of likely N-dealkylation sites (tertiary alicyclic amines) is 2. The number of rotatable bonds is 9. The molecule has 0 bridgehead atoms. The molecule has 178 valence electrons. The van der Waals surface area contributed by atoms with Crippen LogP contribution in [0.3, 0.4) is 0 Å². The van der Waals surface area contributed by atoms with Crippen LogP contribution in [-0.4, -0.2) is 68.1 Å². The number of benzene rings is 2. The molecule has 1 amide bonds. The van der Waals surface area contributed by atoms with Crippen molar-refractivity contribution < 1.29 is 14.3 Å². The van der Waals surface area contributed by atoms with Crippen molar-refractivity contribution in [2.24, 2.45) is 0 Å². The monoisotopic (exact) mass is 451 g/mol. The van der Waals surface area contributed by atoms with Gasteiger partial charge < -0.3 is 24.6 Å². The van der Waals surface area contributed by atoms with Crippen molar-refractivity contribution in [2.75, 3.05) is 46.4 Å². The van der Waals surface area contributed by atoms with Crippen LogP contribution < -0.4 is 14.8 Å². The highest BCUT2D eigenvalue weighted by atomic mass is 16.5. The van der Waals surface area contributed by atoms with Crippen LogP contribution in [0.2, 0.25) is 0 Å². The Bertz CT molecular complexity index is 872. The SMILES string of the molecule is COc1ccccc1Oc1ccc(C(=O)NCCCN2CCC(N3CCCCC3)CC2)cc1. The summed E-state index contributed by atoms with van der Waals surface area (Å²) in [7, 11) is 1.62. The maximum absolute atomic E-state index is 12.5. The van der Waals surface area contributed by atoms with Gasteiger partial charge in [0.1, 0.15) is 5.75 Å². The van der Waals surface area contributed by atoms with E-state index in [1.807, 2.05) is 36.4 Å². The first-order valence-corrected chi connectivity index (χ1v) is 12.4. The van der Waals surface area contributed by atoms with Crippen molar-refractivity contribution in [2.45, 2.75) is 44.6 Å². The fourth-order valence-electron chi connectivity index (χ4n) is 4.90. The van der Waals surface area contributed by atoms with Gasteiger partial charge in [0.05, 0.1) is 7.11 Å². The van der Waals surface area contributed by atoms with Crippen LogP contribution in [0.25, 0.3) is 0 Å². The molecule has 2 aromatic rings. The second-order valence-corrected chi connectivity index (χ2v) is 9.06. The number of carbonyl (C=O) groups is 1. The average Bonchev–Trinajstić information content (AvgIpc) is 2.88. The molecule has 0 aliphatic carbocycles. The zero-order chi connectivity index (χ0) is 22.9. The molecular weight excluding hydrogens is 414 g/mol. The van der Waals surface area contributed by atoms with E-state index in [2.05, 4.69) is 15.1 Å². The third kappa shape index (κ3) is 6.71. The maximum Gasteiger partial charge on any atom is 0.251 e. The average molecular weight is 452 g/mol. The molecule has 0 spiro atoms. The van der Waals surface area contributed by atoms with Gasteiger partial charge in [-0.15, -0.1) is 0 Å². The molecular formula is C27H37N3O3. The van der Waals surface area contributed by atoms with Crippen LogP contribution in [0.15, 0.2) is 48.5 Å². The molecule has 6 nitrogen and oxygen atoms in total. The summed E-state index contributed by atoms with van der Waals surface area (Å²) >= 11 is 0. The largest absolute Gasteiger partial charge is 0.493 e. The molecule has 2 aliphatic heterocycles. The Balaban J connectivity index is 1.14. The number of nitrogens with one attached hydrogen (secondary N) is 1. The van der Waals surface area contributed by atoms with Gasteiger partial charge in [-0.3, -0.25) is 4.79 Å². The van der Waals surface area contributed by atoms with Crippen LogP contribution in [0.1, 0.15) is 48.9 Å². The van der Waals surface area contributed by atoms with Crippen molar-refractivity contribution in [1.82, 2.24) is 15.1 Å². The Kier molecular flexibility index (Phi) is 8.61. The Morgan fingerprint density at radius 2 is 1.64 bits per heavy atom. The van der Waals surface area contributed by atoms with E-state index in [1.165, 1.54) is 58.3 Å². The Labute approximate surface area is 197 Å². The van der Waals surface area contributed by atoms with Crippen LogP contribution in [-0.2, 0) is 0 Å². The summed E-state index contributed by atoms with van der Waals surface area (Å²) < 4.78 is 11.2. The van der Waals surface area contributed by atoms with E-state index in [-0.39, 0.29) is 5.91 Å². The number of hydrogen-bond donors (Lipinski definition) is 1. The molecule has 0 unspecified atom stereocenters. The Hall–Kier alpha value is -2.57. The summed E-state index contributed by atoms with van der Waals surface area (Å²) in [5.74, 6) is 1.96. The minimum atomic E-state index is -0.0392. The third-order valence-electron chi connectivity index (χ3n) is 6.81. The molecule has 2 aromatic carbocycles. The highest BCUT2D eigenvalue weighted by Gasteiger charge is 2.25. The summed E-state index contributed by atoms with van der Waals surface area (Å²) in [6.07, 6.45) is 7.71. The lowest BCUT2D eigenvalue weighted by atomic mass is 10.00. The van der Waals surface area contributed by atoms with E-state index in [1.54, 1.807) is 19.2 Å². The topological polar surface area (TPSA) is 54.0 Å². The predicted molar refractivity (Wildman–Crippen MR) is 131 cm³/mol. The summed E-state index contributed by atoms with van der Waals surface area (Å²) in [5.41, 5.74) is 0.643. The van der Waals surface area contributed by atoms with Crippen LogP contribution in [0, 0.1) is 0 Å². The molecule has 2 fully saturated rings. The molecule has 0 saturated carbocycles. The highest BCUT2D eigenvalue weighted by molar-refractivity contribution is 5.94. The minimum absolute atomic E-state index is 0.0392. The lowest BCUT2D eigenvalue weighted by Gasteiger charge is -2.40. The van der Waals surface area contributed by atoms with Crippen molar-refractivity contribution >= 4 is 5.91 Å². The Morgan fingerprint density at radius 3 is 2.33 bits per heavy atom. The van der Waals surface area contributed by atoms with E-state index >= 15 is 0 Å². The lowest BCUT2D eigenvalue weighted by Crippen LogP contribution is -2.47. The van der Waals surface area contributed by atoms with Gasteiger partial charge in [0.2, 0.25) is 0 Å². The maximum atomic E-state index is 12.5. The first kappa shape index (κ1) is 23.6. The molecule has 4 rings (SSSR count). The molecule has 1 N–H and O–H groups in total. The number of methoxy groups -OCH3 is 1. The van der Waals surface area contributed by atoms with E-state index in [0.717, 1.165) is 19.0 Å². The number of piperidine rings is 2. The molecule has 6 heteroatoms. The second kappa shape index (κ2) is 12.1. The fourth-order valence-corrected chi connectivity index (χ4v) is 4.90. The molecule has 2 heterocycles. The number of carbonyl (C=O) groups excluding carboxylic acids is 1. The lowest BCUT2D eigenvalue weighted by molar-refractivity contribution is 0.0903. The molecule has 2 aliphatic rings. The summed E-state index contributed by atoms with van der Waals surface area (Å²) in [4.78, 5) is 17.8. The van der Waals surface area contributed by atoms with Crippen molar-refractivity contribution in [3.05, 3.63) is 54.1 Å². The normalized spacial score (nSPS) is 18.1. The van der Waals surface area contributed by atoms with Crippen LogP contribution in [0.4, 0.5) is 0 Å². The molecule has 33 heavy (non-hydrogen) atoms. The zero-order valence-electron chi connectivity index (χ0n) is 19.8. The number of hydrogen-bond acceptors (Lipinski definition) is 5. The van der Waals surface area contributed by atoms with Gasteiger partial charge in [-0.05, 0) is 101 Å². The molecule has 0 aromatic heterocycles. The van der Waals surface area contributed by atoms with Crippen LogP contribution >= 0.6 is 0 Å². The van der Waals surface area contributed by atoms with E-state index < -0.39 is 0 Å². The van der Waals surface area contributed by atoms with E-state index in [4.69, 9.17) is 9.47 Å². The summed E-state index contributed by atoms with van der Waals surface area (Å²) in [6, 6.07) is 15.5. The zero-order valence-corrected chi connectivity index (χ0v) is 19.8. The van der Waals surface area contributed by atoms with Gasteiger partial charge >= 0.3 is 0 Å². The van der Waals surface area contributed by atoms with Gasteiger partial charge in [0, 0.05) is 18.2 Å². The summed E-state index contributed by atoms with van der Waals surface area (Å²) in [5, 5.41) is 3.05. The van der Waals surface area contributed by atoms with E-state index in [0.29, 0.717) is 29.4 Å². The van der Waals surface area contributed by atoms with Gasteiger partial charge in [0.25, 0.3) is 5.91 Å². The van der Waals surface area contributed by atoms with Gasteiger partial charge in [-0.25, -0.2) is 0 Å². The first-order valence-electron chi connectivity index (χ1n) is 12.4. The second-order valence-electron chi connectivity index (χ2n) is 9.06. The van der Waals surface area contributed by atoms with Crippen LogP contribution in [0.5, 0.6) is 17.2 Å². The number of ether oxygens (including phenoxy) is 2. The van der Waals surface area contributed by atoms with E-state index in [9.17, 15) is 4.79 Å². The van der Waals surface area contributed by atoms with Gasteiger partial charge in [-0.1, -0.05) is 18.6 Å². The molecule has 0 radical (unpaired) electrons.